The maximum atomic E-state index is 10.9. The van der Waals surface area contributed by atoms with E-state index in [4.69, 9.17) is 0 Å². The number of pyridine rings is 1. The molecule has 0 unspecified atom stereocenters. The van der Waals surface area contributed by atoms with Crippen molar-refractivity contribution in [1.82, 2.24) is 4.57 Å². The van der Waals surface area contributed by atoms with Crippen molar-refractivity contribution in [3.05, 3.63) is 28.2 Å². The maximum absolute atomic E-state index is 10.9. The van der Waals surface area contributed by atoms with Crippen LogP contribution in [0, 0.1) is 0 Å². The van der Waals surface area contributed by atoms with Crippen LogP contribution in [0.25, 0.3) is 0 Å². The molecule has 3 heteroatoms. The molecular formula is C8H11NO2. The Labute approximate surface area is 64.9 Å². The SMILES string of the molecule is CCc1c(O)c(=O)ccn1C. The summed E-state index contributed by atoms with van der Waals surface area (Å²) in [6.07, 6.45) is 2.32. The van der Waals surface area contributed by atoms with E-state index in [1.54, 1.807) is 17.8 Å². The summed E-state index contributed by atoms with van der Waals surface area (Å²) in [5.41, 5.74) is 0.373. The fraction of sp³-hybridized carbons (Fsp3) is 0.375. The average molecular weight is 153 g/mol. The number of aromatic nitrogens is 1. The molecule has 0 aromatic carbocycles. The highest BCUT2D eigenvalue weighted by Gasteiger charge is 2.03. The molecule has 0 aliphatic rings. The first-order chi connectivity index (χ1) is 5.16. The fourth-order valence-electron chi connectivity index (χ4n) is 1.07. The third kappa shape index (κ3) is 1.27. The molecule has 11 heavy (non-hydrogen) atoms. The molecular weight excluding hydrogens is 142 g/mol. The van der Waals surface area contributed by atoms with Gasteiger partial charge in [0.2, 0.25) is 5.43 Å². The van der Waals surface area contributed by atoms with E-state index in [0.717, 1.165) is 0 Å². The van der Waals surface area contributed by atoms with E-state index in [1.807, 2.05) is 6.92 Å². The van der Waals surface area contributed by atoms with Crippen molar-refractivity contribution in [2.45, 2.75) is 13.3 Å². The molecule has 0 fully saturated rings. The van der Waals surface area contributed by atoms with Gasteiger partial charge < -0.3 is 9.67 Å². The van der Waals surface area contributed by atoms with Crippen molar-refractivity contribution in [2.24, 2.45) is 7.05 Å². The van der Waals surface area contributed by atoms with E-state index in [1.165, 1.54) is 6.07 Å². The normalized spacial score (nSPS) is 10.0. The zero-order chi connectivity index (χ0) is 8.43. The van der Waals surface area contributed by atoms with Gasteiger partial charge in [0.1, 0.15) is 0 Å². The van der Waals surface area contributed by atoms with Crippen LogP contribution in [0.4, 0.5) is 0 Å². The van der Waals surface area contributed by atoms with Crippen molar-refractivity contribution in [3.63, 3.8) is 0 Å². The zero-order valence-corrected chi connectivity index (χ0v) is 6.66. The van der Waals surface area contributed by atoms with Gasteiger partial charge in [-0.25, -0.2) is 0 Å². The van der Waals surface area contributed by atoms with Gasteiger partial charge in [0, 0.05) is 19.3 Å². The molecule has 1 N–H and O–H groups in total. The zero-order valence-electron chi connectivity index (χ0n) is 6.66. The van der Waals surface area contributed by atoms with Crippen LogP contribution in [0.15, 0.2) is 17.1 Å². The second-order valence-corrected chi connectivity index (χ2v) is 2.44. The van der Waals surface area contributed by atoms with E-state index in [0.29, 0.717) is 12.1 Å². The quantitative estimate of drug-likeness (QED) is 0.643. The first-order valence-corrected chi connectivity index (χ1v) is 3.54. The number of aromatic hydroxyl groups is 1. The van der Waals surface area contributed by atoms with E-state index in [9.17, 15) is 9.90 Å². The van der Waals surface area contributed by atoms with Gasteiger partial charge in [0.15, 0.2) is 5.75 Å². The Morgan fingerprint density at radius 2 is 2.27 bits per heavy atom. The van der Waals surface area contributed by atoms with Crippen LogP contribution in [0.5, 0.6) is 5.75 Å². The van der Waals surface area contributed by atoms with Crippen LogP contribution < -0.4 is 5.43 Å². The van der Waals surface area contributed by atoms with E-state index in [-0.39, 0.29) is 11.2 Å². The summed E-state index contributed by atoms with van der Waals surface area (Å²) < 4.78 is 1.75. The largest absolute Gasteiger partial charge is 0.503 e. The molecule has 0 saturated heterocycles. The van der Waals surface area contributed by atoms with Crippen LogP contribution in [-0.4, -0.2) is 9.67 Å². The highest BCUT2D eigenvalue weighted by molar-refractivity contribution is 5.26. The van der Waals surface area contributed by atoms with Crippen LogP contribution in [0.1, 0.15) is 12.6 Å². The minimum absolute atomic E-state index is 0.127. The summed E-state index contributed by atoms with van der Waals surface area (Å²) in [4.78, 5) is 10.9. The highest BCUT2D eigenvalue weighted by atomic mass is 16.3. The van der Waals surface area contributed by atoms with E-state index in [2.05, 4.69) is 0 Å². The van der Waals surface area contributed by atoms with Gasteiger partial charge in [-0.15, -0.1) is 0 Å². The molecule has 0 aliphatic carbocycles. The molecule has 0 atom stereocenters. The Hall–Kier alpha value is -1.25. The third-order valence-corrected chi connectivity index (χ3v) is 1.72. The average Bonchev–Trinajstić information content (AvgIpc) is 1.99. The van der Waals surface area contributed by atoms with E-state index < -0.39 is 0 Å². The molecule has 1 aromatic heterocycles. The maximum Gasteiger partial charge on any atom is 0.223 e. The molecule has 0 radical (unpaired) electrons. The van der Waals surface area contributed by atoms with Gasteiger partial charge in [-0.2, -0.15) is 0 Å². The van der Waals surface area contributed by atoms with Gasteiger partial charge in [-0.1, -0.05) is 6.92 Å². The Morgan fingerprint density at radius 1 is 1.64 bits per heavy atom. The second-order valence-electron chi connectivity index (χ2n) is 2.44. The van der Waals surface area contributed by atoms with Crippen LogP contribution in [-0.2, 0) is 13.5 Å². The molecule has 1 heterocycles. The topological polar surface area (TPSA) is 42.2 Å². The van der Waals surface area contributed by atoms with Crippen molar-refractivity contribution in [2.75, 3.05) is 0 Å². The van der Waals surface area contributed by atoms with Gasteiger partial charge in [0.05, 0.1) is 5.69 Å². The summed E-state index contributed by atoms with van der Waals surface area (Å²) in [5.74, 6) is -0.127. The molecule has 0 aliphatic heterocycles. The number of hydrogen-bond acceptors (Lipinski definition) is 2. The Bertz CT molecular complexity index is 314. The molecule has 1 rings (SSSR count). The van der Waals surface area contributed by atoms with Gasteiger partial charge in [0.25, 0.3) is 0 Å². The van der Waals surface area contributed by atoms with Crippen molar-refractivity contribution in [1.29, 1.82) is 0 Å². The van der Waals surface area contributed by atoms with Crippen molar-refractivity contribution < 1.29 is 5.11 Å². The Balaban J connectivity index is 3.41. The minimum Gasteiger partial charge on any atom is -0.503 e. The molecule has 0 saturated carbocycles. The summed E-state index contributed by atoms with van der Waals surface area (Å²) in [6.45, 7) is 1.90. The number of rotatable bonds is 1. The minimum atomic E-state index is -0.306. The molecule has 0 spiro atoms. The molecule has 3 nitrogen and oxygen atoms in total. The lowest BCUT2D eigenvalue weighted by molar-refractivity contribution is 0.454. The highest BCUT2D eigenvalue weighted by Crippen LogP contribution is 2.09. The van der Waals surface area contributed by atoms with Crippen molar-refractivity contribution in [3.8, 4) is 5.75 Å². The summed E-state index contributed by atoms with van der Waals surface area (Å²) in [6, 6.07) is 1.36. The first-order valence-electron chi connectivity index (χ1n) is 3.54. The Morgan fingerprint density at radius 3 is 2.73 bits per heavy atom. The number of aryl methyl sites for hydroxylation is 1. The second kappa shape index (κ2) is 2.78. The lowest BCUT2D eigenvalue weighted by Gasteiger charge is -2.06. The lowest BCUT2D eigenvalue weighted by Crippen LogP contribution is -2.08. The predicted molar refractivity (Wildman–Crippen MR) is 42.7 cm³/mol. The Kier molecular flexibility index (Phi) is 1.98. The van der Waals surface area contributed by atoms with Gasteiger partial charge in [-0.3, -0.25) is 4.79 Å². The standard InChI is InChI=1S/C8H11NO2/c1-3-6-8(11)7(10)4-5-9(6)2/h4-5,11H,3H2,1-2H3. The van der Waals surface area contributed by atoms with E-state index >= 15 is 0 Å². The molecule has 1 aromatic rings. The van der Waals surface area contributed by atoms with Gasteiger partial charge in [-0.05, 0) is 6.42 Å². The van der Waals surface area contributed by atoms with Crippen LogP contribution in [0.3, 0.4) is 0 Å². The lowest BCUT2D eigenvalue weighted by atomic mass is 10.2. The monoisotopic (exact) mass is 153 g/mol. The summed E-state index contributed by atoms with van der Waals surface area (Å²) >= 11 is 0. The smallest absolute Gasteiger partial charge is 0.223 e. The molecule has 0 bridgehead atoms. The first kappa shape index (κ1) is 7.85. The summed E-state index contributed by atoms with van der Waals surface area (Å²) in [7, 11) is 1.80. The predicted octanol–water partition coefficient (Wildman–Crippen LogP) is 0.653. The van der Waals surface area contributed by atoms with Crippen LogP contribution in [0.2, 0.25) is 0 Å². The summed E-state index contributed by atoms with van der Waals surface area (Å²) in [5, 5.41) is 9.25. The number of nitrogens with zero attached hydrogens (tertiary/aromatic N) is 1. The van der Waals surface area contributed by atoms with Crippen LogP contribution >= 0.6 is 0 Å². The van der Waals surface area contributed by atoms with Gasteiger partial charge >= 0.3 is 0 Å². The van der Waals surface area contributed by atoms with Crippen molar-refractivity contribution >= 4 is 0 Å². The number of hydrogen-bond donors (Lipinski definition) is 1. The molecule has 60 valence electrons. The fourth-order valence-corrected chi connectivity index (χ4v) is 1.07. The third-order valence-electron chi connectivity index (χ3n) is 1.72. The molecule has 0 amide bonds.